The molecule has 1 saturated heterocycles. The molecular weight excluding hydrogens is 482 g/mol. The van der Waals surface area contributed by atoms with E-state index >= 15 is 0 Å². The lowest BCUT2D eigenvalue weighted by molar-refractivity contribution is 0.0127. The summed E-state index contributed by atoms with van der Waals surface area (Å²) in [6.07, 6.45) is 2.71. The molecule has 0 bridgehead atoms. The van der Waals surface area contributed by atoms with E-state index in [1.807, 2.05) is 19.1 Å². The van der Waals surface area contributed by atoms with Crippen LogP contribution in [0.4, 0.5) is 26.1 Å². The number of ether oxygens (including phenoxy) is 1. The van der Waals surface area contributed by atoms with Gasteiger partial charge in [0.15, 0.2) is 0 Å². The molecule has 3 aromatic heterocycles. The number of aliphatic hydroxyl groups excluding tert-OH is 1. The van der Waals surface area contributed by atoms with Crippen molar-refractivity contribution in [1.29, 1.82) is 0 Å². The third kappa shape index (κ3) is 6.36. The standard InChI is InChI=1S/C26H30F2N6O3/c1-16-15-37-9-7-34(16)24-12-19(11-23(33-24)30-6-8-35)21-13-20(14-31-17(21)2)32-25(36)18-4-5-29-22(10-18)26(3,27)28/h4-5,10-14,16,35H,6-9,15H2,1-3H3,(H,30,33)(H,32,36). The van der Waals surface area contributed by atoms with Crippen molar-refractivity contribution < 1.29 is 23.4 Å². The van der Waals surface area contributed by atoms with Crippen LogP contribution >= 0.6 is 0 Å². The predicted octanol–water partition coefficient (Wildman–Crippen LogP) is 3.84. The number of pyridine rings is 3. The fourth-order valence-corrected chi connectivity index (χ4v) is 4.07. The monoisotopic (exact) mass is 512 g/mol. The van der Waals surface area contributed by atoms with Crippen LogP contribution in [0, 0.1) is 6.92 Å². The van der Waals surface area contributed by atoms with E-state index in [2.05, 4.69) is 32.4 Å². The molecule has 1 aliphatic heterocycles. The lowest BCUT2D eigenvalue weighted by atomic mass is 10.0. The molecule has 4 heterocycles. The van der Waals surface area contributed by atoms with Crippen molar-refractivity contribution in [3.63, 3.8) is 0 Å². The van der Waals surface area contributed by atoms with Gasteiger partial charge in [0, 0.05) is 43.0 Å². The number of alkyl halides is 2. The number of morpholine rings is 1. The molecule has 0 aliphatic carbocycles. The molecule has 0 radical (unpaired) electrons. The van der Waals surface area contributed by atoms with Crippen LogP contribution < -0.4 is 15.5 Å². The van der Waals surface area contributed by atoms with Crippen molar-refractivity contribution in [2.45, 2.75) is 32.7 Å². The number of aliphatic hydroxyl groups is 1. The summed E-state index contributed by atoms with van der Waals surface area (Å²) in [4.78, 5) is 27.8. The van der Waals surface area contributed by atoms with E-state index < -0.39 is 17.5 Å². The highest BCUT2D eigenvalue weighted by Gasteiger charge is 2.27. The highest BCUT2D eigenvalue weighted by molar-refractivity contribution is 6.04. The zero-order valence-electron chi connectivity index (χ0n) is 21.0. The van der Waals surface area contributed by atoms with Crippen molar-refractivity contribution in [2.75, 3.05) is 48.4 Å². The highest BCUT2D eigenvalue weighted by atomic mass is 19.3. The SMILES string of the molecule is Cc1ncc(NC(=O)c2ccnc(C(C)(F)F)c2)cc1-c1cc(NCCO)nc(N2CCOCC2C)c1. The number of anilines is 3. The summed E-state index contributed by atoms with van der Waals surface area (Å²) < 4.78 is 32.9. The Morgan fingerprint density at radius 2 is 2.08 bits per heavy atom. The summed E-state index contributed by atoms with van der Waals surface area (Å²) >= 11 is 0. The van der Waals surface area contributed by atoms with E-state index in [1.165, 1.54) is 18.5 Å². The summed E-state index contributed by atoms with van der Waals surface area (Å²) in [5, 5.41) is 15.2. The van der Waals surface area contributed by atoms with Crippen LogP contribution in [-0.4, -0.2) is 64.9 Å². The summed E-state index contributed by atoms with van der Waals surface area (Å²) in [6.45, 7) is 6.83. The number of hydrogen-bond acceptors (Lipinski definition) is 8. The number of rotatable bonds is 8. The number of amides is 1. The molecule has 3 N–H and O–H groups in total. The molecule has 4 rings (SSSR count). The summed E-state index contributed by atoms with van der Waals surface area (Å²) in [7, 11) is 0. The number of halogens is 2. The zero-order chi connectivity index (χ0) is 26.6. The summed E-state index contributed by atoms with van der Waals surface area (Å²) in [5.74, 6) is -2.35. The number of nitrogens with one attached hydrogen (secondary N) is 2. The van der Waals surface area contributed by atoms with Crippen LogP contribution in [0.5, 0.6) is 0 Å². The minimum Gasteiger partial charge on any atom is -0.395 e. The van der Waals surface area contributed by atoms with E-state index in [0.29, 0.717) is 37.8 Å². The first-order valence-corrected chi connectivity index (χ1v) is 12.0. The van der Waals surface area contributed by atoms with E-state index in [1.54, 1.807) is 6.07 Å². The van der Waals surface area contributed by atoms with Crippen molar-refractivity contribution in [2.24, 2.45) is 0 Å². The predicted molar refractivity (Wildman–Crippen MR) is 137 cm³/mol. The molecular formula is C26H30F2N6O3. The molecule has 3 aromatic rings. The normalized spacial score (nSPS) is 15.9. The minimum atomic E-state index is -3.16. The Morgan fingerprint density at radius 3 is 2.81 bits per heavy atom. The Kier molecular flexibility index (Phi) is 7.94. The number of hydrogen-bond donors (Lipinski definition) is 3. The molecule has 1 unspecified atom stereocenters. The Morgan fingerprint density at radius 1 is 1.27 bits per heavy atom. The van der Waals surface area contributed by atoms with Gasteiger partial charge in [0.2, 0.25) is 0 Å². The van der Waals surface area contributed by atoms with Gasteiger partial charge in [-0.1, -0.05) is 0 Å². The molecule has 196 valence electrons. The molecule has 1 amide bonds. The summed E-state index contributed by atoms with van der Waals surface area (Å²) in [5.41, 5.74) is 2.32. The van der Waals surface area contributed by atoms with Crippen LogP contribution in [0.1, 0.15) is 35.6 Å². The zero-order valence-corrected chi connectivity index (χ0v) is 21.0. The van der Waals surface area contributed by atoms with Gasteiger partial charge in [-0.15, -0.1) is 0 Å². The van der Waals surface area contributed by atoms with Gasteiger partial charge in [0.25, 0.3) is 11.8 Å². The maximum absolute atomic E-state index is 13.7. The van der Waals surface area contributed by atoms with Crippen LogP contribution in [0.3, 0.4) is 0 Å². The number of aryl methyl sites for hydroxylation is 1. The smallest absolute Gasteiger partial charge is 0.286 e. The topological polar surface area (TPSA) is 112 Å². The maximum atomic E-state index is 13.7. The maximum Gasteiger partial charge on any atom is 0.286 e. The molecule has 37 heavy (non-hydrogen) atoms. The van der Waals surface area contributed by atoms with Crippen molar-refractivity contribution >= 4 is 23.2 Å². The van der Waals surface area contributed by atoms with Crippen LogP contribution in [0.2, 0.25) is 0 Å². The Hall–Kier alpha value is -3.70. The third-order valence-electron chi connectivity index (χ3n) is 6.02. The first-order chi connectivity index (χ1) is 17.7. The highest BCUT2D eigenvalue weighted by Crippen LogP contribution is 2.31. The Labute approximate surface area is 213 Å². The molecule has 0 saturated carbocycles. The van der Waals surface area contributed by atoms with Crippen molar-refractivity contribution in [1.82, 2.24) is 15.0 Å². The molecule has 1 atom stereocenters. The van der Waals surface area contributed by atoms with Gasteiger partial charge in [0.05, 0.1) is 37.7 Å². The molecule has 1 aliphatic rings. The van der Waals surface area contributed by atoms with Crippen LogP contribution in [0.25, 0.3) is 11.1 Å². The van der Waals surface area contributed by atoms with E-state index in [-0.39, 0.29) is 18.2 Å². The van der Waals surface area contributed by atoms with E-state index in [9.17, 15) is 18.7 Å². The first kappa shape index (κ1) is 26.4. The lowest BCUT2D eigenvalue weighted by Gasteiger charge is -2.34. The number of carbonyl (C=O) groups is 1. The second-order valence-electron chi connectivity index (χ2n) is 9.00. The largest absolute Gasteiger partial charge is 0.395 e. The van der Waals surface area contributed by atoms with Crippen LogP contribution in [-0.2, 0) is 10.7 Å². The second kappa shape index (κ2) is 11.1. The first-order valence-electron chi connectivity index (χ1n) is 12.0. The quantitative estimate of drug-likeness (QED) is 0.417. The van der Waals surface area contributed by atoms with Gasteiger partial charge in [0.1, 0.15) is 17.3 Å². The molecule has 9 nitrogen and oxygen atoms in total. The van der Waals surface area contributed by atoms with Gasteiger partial charge in [-0.2, -0.15) is 8.78 Å². The summed E-state index contributed by atoms with van der Waals surface area (Å²) in [6, 6.07) is 8.20. The number of nitrogens with zero attached hydrogens (tertiary/aromatic N) is 4. The van der Waals surface area contributed by atoms with Gasteiger partial charge in [-0.05, 0) is 49.7 Å². The molecule has 1 fully saturated rings. The Bertz CT molecular complexity index is 1270. The number of aromatic nitrogens is 3. The second-order valence-corrected chi connectivity index (χ2v) is 9.00. The van der Waals surface area contributed by atoms with Gasteiger partial charge < -0.3 is 25.4 Å². The van der Waals surface area contributed by atoms with E-state index in [0.717, 1.165) is 35.6 Å². The van der Waals surface area contributed by atoms with Gasteiger partial charge in [-0.3, -0.25) is 14.8 Å². The molecule has 0 spiro atoms. The van der Waals surface area contributed by atoms with Gasteiger partial charge >= 0.3 is 0 Å². The van der Waals surface area contributed by atoms with Gasteiger partial charge in [-0.25, -0.2) is 4.98 Å². The van der Waals surface area contributed by atoms with E-state index in [4.69, 9.17) is 9.72 Å². The average molecular weight is 513 g/mol. The van der Waals surface area contributed by atoms with Crippen molar-refractivity contribution in [3.05, 3.63) is 59.7 Å². The average Bonchev–Trinajstić information content (AvgIpc) is 2.88. The van der Waals surface area contributed by atoms with Crippen LogP contribution in [0.15, 0.2) is 42.7 Å². The fourth-order valence-electron chi connectivity index (χ4n) is 4.07. The molecule has 11 heteroatoms. The molecule has 0 aromatic carbocycles. The third-order valence-corrected chi connectivity index (χ3v) is 6.02. The number of carbonyl (C=O) groups excluding carboxylic acids is 1. The minimum absolute atomic E-state index is 0.0437. The van der Waals surface area contributed by atoms with Crippen molar-refractivity contribution in [3.8, 4) is 11.1 Å². The Balaban J connectivity index is 1.66. The fraction of sp³-hybridized carbons (Fsp3) is 0.385. The lowest BCUT2D eigenvalue weighted by Crippen LogP contribution is -2.44.